The SMILES string of the molecule is CCCC(NCC1(CCC)CC1)c1cccc([N+](=O)[O-])c1. The molecule has 0 bridgehead atoms. The molecule has 4 nitrogen and oxygen atoms in total. The average molecular weight is 290 g/mol. The lowest BCUT2D eigenvalue weighted by molar-refractivity contribution is -0.384. The maximum Gasteiger partial charge on any atom is 0.269 e. The molecule has 1 unspecified atom stereocenters. The molecule has 0 amide bonds. The van der Waals surface area contributed by atoms with Gasteiger partial charge in [0.05, 0.1) is 4.92 Å². The molecule has 1 N–H and O–H groups in total. The molecular formula is C17H26N2O2. The third kappa shape index (κ3) is 4.27. The van der Waals surface area contributed by atoms with Gasteiger partial charge in [-0.2, -0.15) is 0 Å². The fourth-order valence-electron chi connectivity index (χ4n) is 3.09. The number of non-ortho nitro benzene ring substituents is 1. The molecule has 1 atom stereocenters. The van der Waals surface area contributed by atoms with Crippen molar-refractivity contribution in [1.82, 2.24) is 5.32 Å². The molecule has 0 spiro atoms. The first-order valence-corrected chi connectivity index (χ1v) is 8.08. The molecule has 0 aromatic heterocycles. The van der Waals surface area contributed by atoms with Gasteiger partial charge >= 0.3 is 0 Å². The Morgan fingerprint density at radius 3 is 2.67 bits per heavy atom. The van der Waals surface area contributed by atoms with E-state index in [2.05, 4.69) is 19.2 Å². The Labute approximate surface area is 127 Å². The number of nitro groups is 1. The first-order chi connectivity index (χ1) is 10.1. The Kier molecular flexibility index (Phi) is 5.34. The molecule has 0 saturated heterocycles. The molecule has 1 aliphatic rings. The van der Waals surface area contributed by atoms with E-state index in [0.717, 1.165) is 24.9 Å². The topological polar surface area (TPSA) is 55.2 Å². The highest BCUT2D eigenvalue weighted by atomic mass is 16.6. The van der Waals surface area contributed by atoms with Crippen molar-refractivity contribution < 1.29 is 4.92 Å². The molecule has 1 saturated carbocycles. The second kappa shape index (κ2) is 7.03. The Morgan fingerprint density at radius 2 is 2.10 bits per heavy atom. The van der Waals surface area contributed by atoms with Gasteiger partial charge in [0.2, 0.25) is 0 Å². The second-order valence-electron chi connectivity index (χ2n) is 6.32. The number of benzene rings is 1. The summed E-state index contributed by atoms with van der Waals surface area (Å²) in [5.74, 6) is 0. The van der Waals surface area contributed by atoms with E-state index < -0.39 is 0 Å². The molecule has 2 rings (SSSR count). The fourth-order valence-corrected chi connectivity index (χ4v) is 3.09. The first kappa shape index (κ1) is 16.0. The third-order valence-corrected chi connectivity index (χ3v) is 4.52. The lowest BCUT2D eigenvalue weighted by Crippen LogP contribution is -2.28. The minimum Gasteiger partial charge on any atom is -0.309 e. The van der Waals surface area contributed by atoms with Crippen LogP contribution in [-0.4, -0.2) is 11.5 Å². The van der Waals surface area contributed by atoms with Crippen LogP contribution in [0.1, 0.15) is 64.0 Å². The fraction of sp³-hybridized carbons (Fsp3) is 0.647. The van der Waals surface area contributed by atoms with Gasteiger partial charge in [-0.25, -0.2) is 0 Å². The second-order valence-corrected chi connectivity index (χ2v) is 6.32. The van der Waals surface area contributed by atoms with Gasteiger partial charge in [0.15, 0.2) is 0 Å². The molecule has 1 aromatic carbocycles. The number of nitrogens with one attached hydrogen (secondary N) is 1. The molecule has 1 aliphatic carbocycles. The number of nitro benzene ring substituents is 1. The molecule has 21 heavy (non-hydrogen) atoms. The highest BCUT2D eigenvalue weighted by Gasteiger charge is 2.41. The van der Waals surface area contributed by atoms with Crippen LogP contribution >= 0.6 is 0 Å². The van der Waals surface area contributed by atoms with Gasteiger partial charge in [0.25, 0.3) is 5.69 Å². The predicted octanol–water partition coefficient (Wildman–Crippen LogP) is 4.61. The number of nitrogens with zero attached hydrogens (tertiary/aromatic N) is 1. The van der Waals surface area contributed by atoms with Crippen LogP contribution in [0, 0.1) is 15.5 Å². The summed E-state index contributed by atoms with van der Waals surface area (Å²) < 4.78 is 0. The van der Waals surface area contributed by atoms with Crippen molar-refractivity contribution in [2.45, 2.75) is 58.4 Å². The zero-order chi connectivity index (χ0) is 15.3. The van der Waals surface area contributed by atoms with Gasteiger partial charge in [-0.1, -0.05) is 38.8 Å². The summed E-state index contributed by atoms with van der Waals surface area (Å²) in [5, 5.41) is 14.6. The highest BCUT2D eigenvalue weighted by Crippen LogP contribution is 2.49. The van der Waals surface area contributed by atoms with Crippen LogP contribution in [0.25, 0.3) is 0 Å². The quantitative estimate of drug-likeness (QED) is 0.534. The molecule has 116 valence electrons. The van der Waals surface area contributed by atoms with Crippen molar-refractivity contribution in [2.24, 2.45) is 5.41 Å². The summed E-state index contributed by atoms with van der Waals surface area (Å²) in [6.07, 6.45) is 7.25. The summed E-state index contributed by atoms with van der Waals surface area (Å²) in [4.78, 5) is 10.6. The van der Waals surface area contributed by atoms with E-state index in [9.17, 15) is 10.1 Å². The van der Waals surface area contributed by atoms with Gasteiger partial charge in [0.1, 0.15) is 0 Å². The van der Waals surface area contributed by atoms with Gasteiger partial charge in [-0.15, -0.1) is 0 Å². The number of hydrogen-bond donors (Lipinski definition) is 1. The molecule has 0 heterocycles. The molecular weight excluding hydrogens is 264 g/mol. The summed E-state index contributed by atoms with van der Waals surface area (Å²) >= 11 is 0. The van der Waals surface area contributed by atoms with Crippen molar-refractivity contribution in [3.05, 3.63) is 39.9 Å². The number of hydrogen-bond acceptors (Lipinski definition) is 3. The normalized spacial score (nSPS) is 17.4. The summed E-state index contributed by atoms with van der Waals surface area (Å²) in [6, 6.07) is 7.29. The Hall–Kier alpha value is -1.42. The minimum atomic E-state index is -0.314. The van der Waals surface area contributed by atoms with Crippen molar-refractivity contribution in [1.29, 1.82) is 0 Å². The van der Waals surface area contributed by atoms with E-state index in [-0.39, 0.29) is 16.7 Å². The van der Waals surface area contributed by atoms with Crippen molar-refractivity contribution in [2.75, 3.05) is 6.54 Å². The molecule has 1 aromatic rings. The van der Waals surface area contributed by atoms with Crippen LogP contribution < -0.4 is 5.32 Å². The first-order valence-electron chi connectivity index (χ1n) is 8.08. The van der Waals surface area contributed by atoms with Crippen molar-refractivity contribution >= 4 is 5.69 Å². The Bertz CT molecular complexity index is 483. The largest absolute Gasteiger partial charge is 0.309 e. The van der Waals surface area contributed by atoms with Gasteiger partial charge in [0, 0.05) is 24.7 Å². The summed E-state index contributed by atoms with van der Waals surface area (Å²) in [6.45, 7) is 5.43. The van der Waals surface area contributed by atoms with E-state index in [1.165, 1.54) is 25.7 Å². The predicted molar refractivity (Wildman–Crippen MR) is 85.3 cm³/mol. The van der Waals surface area contributed by atoms with Gasteiger partial charge < -0.3 is 5.32 Å². The van der Waals surface area contributed by atoms with Gasteiger partial charge in [-0.3, -0.25) is 10.1 Å². The van der Waals surface area contributed by atoms with Crippen LogP contribution in [0.5, 0.6) is 0 Å². The molecule has 1 fully saturated rings. The summed E-state index contributed by atoms with van der Waals surface area (Å²) in [5.41, 5.74) is 1.73. The van der Waals surface area contributed by atoms with Crippen molar-refractivity contribution in [3.63, 3.8) is 0 Å². The van der Waals surface area contributed by atoms with E-state index >= 15 is 0 Å². The van der Waals surface area contributed by atoms with Crippen LogP contribution in [0.3, 0.4) is 0 Å². The van der Waals surface area contributed by atoms with Crippen LogP contribution in [0.15, 0.2) is 24.3 Å². The van der Waals surface area contributed by atoms with Crippen molar-refractivity contribution in [3.8, 4) is 0 Å². The minimum absolute atomic E-state index is 0.185. The van der Waals surface area contributed by atoms with E-state index in [1.807, 2.05) is 6.07 Å². The maximum absolute atomic E-state index is 10.9. The Balaban J connectivity index is 2.04. The summed E-state index contributed by atoms with van der Waals surface area (Å²) in [7, 11) is 0. The average Bonchev–Trinajstić information content (AvgIpc) is 3.24. The third-order valence-electron chi connectivity index (χ3n) is 4.52. The smallest absolute Gasteiger partial charge is 0.269 e. The maximum atomic E-state index is 10.9. The Morgan fingerprint density at radius 1 is 1.33 bits per heavy atom. The van der Waals surface area contributed by atoms with Crippen LogP contribution in [0.4, 0.5) is 5.69 Å². The monoisotopic (exact) mass is 290 g/mol. The van der Waals surface area contributed by atoms with E-state index in [4.69, 9.17) is 0 Å². The van der Waals surface area contributed by atoms with Crippen LogP contribution in [0.2, 0.25) is 0 Å². The van der Waals surface area contributed by atoms with E-state index in [0.29, 0.717) is 5.41 Å². The molecule has 0 radical (unpaired) electrons. The zero-order valence-corrected chi connectivity index (χ0v) is 13.1. The molecule has 4 heteroatoms. The lowest BCUT2D eigenvalue weighted by Gasteiger charge is -2.22. The van der Waals surface area contributed by atoms with E-state index in [1.54, 1.807) is 18.2 Å². The van der Waals surface area contributed by atoms with Crippen LogP contribution in [-0.2, 0) is 0 Å². The number of rotatable bonds is 9. The standard InChI is InChI=1S/C17H26N2O2/c1-3-6-16(18-13-17(9-4-2)10-11-17)14-7-5-8-15(12-14)19(20)21/h5,7-8,12,16,18H,3-4,6,9-11,13H2,1-2H3. The molecule has 0 aliphatic heterocycles. The highest BCUT2D eigenvalue weighted by molar-refractivity contribution is 5.35. The lowest BCUT2D eigenvalue weighted by atomic mass is 9.97. The van der Waals surface area contributed by atoms with Gasteiger partial charge in [-0.05, 0) is 36.7 Å². The zero-order valence-electron chi connectivity index (χ0n) is 13.1.